The molecular formula is C24H30N4O3. The number of nitrogens with one attached hydrogen (secondary N) is 1. The number of imidazole rings is 1. The highest BCUT2D eigenvalue weighted by Crippen LogP contribution is 2.23. The summed E-state index contributed by atoms with van der Waals surface area (Å²) >= 11 is 0. The van der Waals surface area contributed by atoms with Crippen LogP contribution in [-0.2, 0) is 17.9 Å². The molecule has 0 atom stereocenters. The van der Waals surface area contributed by atoms with Gasteiger partial charge in [-0.2, -0.15) is 0 Å². The predicted octanol–water partition coefficient (Wildman–Crippen LogP) is 3.01. The Hall–Kier alpha value is -3.22. The molecule has 1 fully saturated rings. The topological polar surface area (TPSA) is 68.5 Å². The molecule has 0 aliphatic carbocycles. The molecule has 0 spiro atoms. The number of fused-ring (bicyclic) bond motifs is 1. The van der Waals surface area contributed by atoms with Crippen LogP contribution in [0, 0.1) is 0 Å². The Morgan fingerprint density at radius 3 is 2.29 bits per heavy atom. The molecule has 1 amide bonds. The third-order valence-corrected chi connectivity index (χ3v) is 6.10. The monoisotopic (exact) mass is 422 g/mol. The zero-order valence-electron chi connectivity index (χ0n) is 18.2. The van der Waals surface area contributed by atoms with E-state index < -0.39 is 0 Å². The highest BCUT2D eigenvalue weighted by Gasteiger charge is 2.21. The number of hydrogen-bond acceptors (Lipinski definition) is 4. The summed E-state index contributed by atoms with van der Waals surface area (Å²) < 4.78 is 8.69. The summed E-state index contributed by atoms with van der Waals surface area (Å²) in [5, 5.41) is 3.16. The normalized spacial score (nSPS) is 14.7. The van der Waals surface area contributed by atoms with Gasteiger partial charge in [-0.15, -0.1) is 0 Å². The van der Waals surface area contributed by atoms with Crippen molar-refractivity contribution in [2.75, 3.05) is 25.1 Å². The van der Waals surface area contributed by atoms with Crippen molar-refractivity contribution < 1.29 is 9.53 Å². The maximum atomic E-state index is 12.7. The number of aromatic nitrogens is 2. The van der Waals surface area contributed by atoms with E-state index in [9.17, 15) is 9.59 Å². The molecule has 1 aliphatic heterocycles. The van der Waals surface area contributed by atoms with Gasteiger partial charge in [-0.1, -0.05) is 12.1 Å². The first-order valence-electron chi connectivity index (χ1n) is 11.0. The average molecular weight is 423 g/mol. The van der Waals surface area contributed by atoms with E-state index in [4.69, 9.17) is 4.74 Å². The minimum absolute atomic E-state index is 0.00290. The fraction of sp³-hybridized carbons (Fsp3) is 0.417. The Kier molecular flexibility index (Phi) is 6.30. The maximum Gasteiger partial charge on any atom is 0.329 e. The zero-order chi connectivity index (χ0) is 21.8. The standard InChI is InChI=1S/C24H30N4O3/c1-3-27-21-6-4-5-7-22(21)28(24(27)30)17-14-23(29)25-18-12-15-26(16-13-18)19-8-10-20(31-2)11-9-19/h4-11,18H,3,12-17H2,1-2H3,(H,25,29). The summed E-state index contributed by atoms with van der Waals surface area (Å²) in [4.78, 5) is 27.6. The number of benzene rings is 2. The lowest BCUT2D eigenvalue weighted by Crippen LogP contribution is -2.45. The van der Waals surface area contributed by atoms with Crippen LogP contribution >= 0.6 is 0 Å². The summed E-state index contributed by atoms with van der Waals surface area (Å²) in [6.45, 7) is 4.78. The molecule has 31 heavy (non-hydrogen) atoms. The summed E-state index contributed by atoms with van der Waals surface area (Å²) in [7, 11) is 1.67. The second-order valence-electron chi connectivity index (χ2n) is 7.94. The van der Waals surface area contributed by atoms with Crippen molar-refractivity contribution in [1.29, 1.82) is 0 Å². The number of para-hydroxylation sites is 2. The number of hydrogen-bond donors (Lipinski definition) is 1. The van der Waals surface area contributed by atoms with E-state index in [-0.39, 0.29) is 17.6 Å². The molecule has 7 heteroatoms. The lowest BCUT2D eigenvalue weighted by atomic mass is 10.0. The SMILES string of the molecule is CCn1c(=O)n(CCC(=O)NC2CCN(c3ccc(OC)cc3)CC2)c2ccccc21. The van der Waals surface area contributed by atoms with E-state index >= 15 is 0 Å². The van der Waals surface area contributed by atoms with Gasteiger partial charge in [0.1, 0.15) is 5.75 Å². The Bertz CT molecular complexity index is 1090. The molecule has 2 heterocycles. The number of rotatable bonds is 7. The molecular weight excluding hydrogens is 392 g/mol. The second-order valence-corrected chi connectivity index (χ2v) is 7.94. The van der Waals surface area contributed by atoms with E-state index in [0.29, 0.717) is 19.5 Å². The summed E-state index contributed by atoms with van der Waals surface area (Å²) in [5.41, 5.74) is 2.93. The van der Waals surface area contributed by atoms with Crippen LogP contribution in [0.1, 0.15) is 26.2 Å². The van der Waals surface area contributed by atoms with Crippen molar-refractivity contribution in [3.63, 3.8) is 0 Å². The van der Waals surface area contributed by atoms with Crippen molar-refractivity contribution >= 4 is 22.6 Å². The fourth-order valence-electron chi connectivity index (χ4n) is 4.38. The lowest BCUT2D eigenvalue weighted by Gasteiger charge is -2.34. The quantitative estimate of drug-likeness (QED) is 0.636. The van der Waals surface area contributed by atoms with Crippen molar-refractivity contribution in [2.45, 2.75) is 45.3 Å². The number of aryl methyl sites for hydroxylation is 2. The number of ether oxygens (including phenoxy) is 1. The summed E-state index contributed by atoms with van der Waals surface area (Å²) in [6, 6.07) is 16.0. The van der Waals surface area contributed by atoms with Gasteiger partial charge in [0.2, 0.25) is 5.91 Å². The molecule has 1 aliphatic rings. The van der Waals surface area contributed by atoms with E-state index in [2.05, 4.69) is 22.3 Å². The van der Waals surface area contributed by atoms with Crippen LogP contribution in [0.25, 0.3) is 11.0 Å². The van der Waals surface area contributed by atoms with Crippen LogP contribution in [0.2, 0.25) is 0 Å². The van der Waals surface area contributed by atoms with Crippen LogP contribution in [-0.4, -0.2) is 41.3 Å². The largest absolute Gasteiger partial charge is 0.497 e. The first-order chi connectivity index (χ1) is 15.1. The lowest BCUT2D eigenvalue weighted by molar-refractivity contribution is -0.122. The third kappa shape index (κ3) is 4.45. The highest BCUT2D eigenvalue weighted by atomic mass is 16.5. The Labute approximate surface area is 182 Å². The van der Waals surface area contributed by atoms with E-state index in [1.807, 2.05) is 43.3 Å². The molecule has 1 aromatic heterocycles. The molecule has 0 unspecified atom stereocenters. The van der Waals surface area contributed by atoms with Crippen LogP contribution in [0.5, 0.6) is 5.75 Å². The molecule has 0 saturated carbocycles. The van der Waals surface area contributed by atoms with Crippen molar-refractivity contribution in [3.05, 3.63) is 59.0 Å². The van der Waals surface area contributed by atoms with Gasteiger partial charge in [0, 0.05) is 44.3 Å². The number of nitrogens with zero attached hydrogens (tertiary/aromatic N) is 3. The van der Waals surface area contributed by atoms with Crippen molar-refractivity contribution in [2.24, 2.45) is 0 Å². The first-order valence-corrected chi connectivity index (χ1v) is 11.0. The van der Waals surface area contributed by atoms with Crippen LogP contribution in [0.4, 0.5) is 5.69 Å². The second kappa shape index (κ2) is 9.29. The zero-order valence-corrected chi connectivity index (χ0v) is 18.2. The molecule has 2 aromatic carbocycles. The molecule has 3 aromatic rings. The fourth-order valence-corrected chi connectivity index (χ4v) is 4.38. The van der Waals surface area contributed by atoms with Gasteiger partial charge in [-0.05, 0) is 56.2 Å². The number of anilines is 1. The Morgan fingerprint density at radius 2 is 1.68 bits per heavy atom. The molecule has 164 valence electrons. The number of piperidine rings is 1. The van der Waals surface area contributed by atoms with E-state index in [1.165, 1.54) is 5.69 Å². The van der Waals surface area contributed by atoms with E-state index in [1.54, 1.807) is 16.2 Å². The van der Waals surface area contributed by atoms with Crippen LogP contribution in [0.3, 0.4) is 0 Å². The summed E-state index contributed by atoms with van der Waals surface area (Å²) in [6.07, 6.45) is 2.12. The van der Waals surface area contributed by atoms with Crippen LogP contribution in [0.15, 0.2) is 53.3 Å². The molecule has 7 nitrogen and oxygen atoms in total. The first kappa shape index (κ1) is 21.0. The minimum Gasteiger partial charge on any atom is -0.497 e. The van der Waals surface area contributed by atoms with Gasteiger partial charge in [0.25, 0.3) is 0 Å². The van der Waals surface area contributed by atoms with Crippen molar-refractivity contribution in [3.8, 4) is 5.75 Å². The molecule has 4 rings (SSSR count). The highest BCUT2D eigenvalue weighted by molar-refractivity contribution is 5.78. The number of carbonyl (C=O) groups is 1. The molecule has 0 bridgehead atoms. The van der Waals surface area contributed by atoms with Gasteiger partial charge in [-0.3, -0.25) is 13.9 Å². The number of methoxy groups -OCH3 is 1. The minimum atomic E-state index is -0.0516. The Morgan fingerprint density at radius 1 is 1.03 bits per heavy atom. The number of carbonyl (C=O) groups excluding carboxylic acids is 1. The molecule has 1 N–H and O–H groups in total. The van der Waals surface area contributed by atoms with Gasteiger partial charge < -0.3 is 15.0 Å². The summed E-state index contributed by atoms with van der Waals surface area (Å²) in [5.74, 6) is 0.857. The number of amides is 1. The molecule has 0 radical (unpaired) electrons. The van der Waals surface area contributed by atoms with Gasteiger partial charge in [-0.25, -0.2) is 4.79 Å². The Balaban J connectivity index is 1.31. The average Bonchev–Trinajstić information content (AvgIpc) is 3.08. The van der Waals surface area contributed by atoms with Gasteiger partial charge in [0.15, 0.2) is 0 Å². The third-order valence-electron chi connectivity index (χ3n) is 6.10. The van der Waals surface area contributed by atoms with E-state index in [0.717, 1.165) is 42.7 Å². The van der Waals surface area contributed by atoms with Crippen molar-refractivity contribution in [1.82, 2.24) is 14.5 Å². The van der Waals surface area contributed by atoms with Crippen LogP contribution < -0.4 is 20.6 Å². The van der Waals surface area contributed by atoms with Gasteiger partial charge in [0.05, 0.1) is 18.1 Å². The maximum absolute atomic E-state index is 12.7. The molecule has 1 saturated heterocycles. The van der Waals surface area contributed by atoms with Gasteiger partial charge >= 0.3 is 5.69 Å². The predicted molar refractivity (Wildman–Crippen MR) is 123 cm³/mol. The smallest absolute Gasteiger partial charge is 0.329 e.